The van der Waals surface area contributed by atoms with Gasteiger partial charge >= 0.3 is 0 Å². The van der Waals surface area contributed by atoms with E-state index in [1.54, 1.807) is 6.34 Å². The molecule has 0 aliphatic heterocycles. The van der Waals surface area contributed by atoms with Gasteiger partial charge in [-0.05, 0) is 14.0 Å². The van der Waals surface area contributed by atoms with Crippen LogP contribution in [-0.4, -0.2) is 38.5 Å². The number of nitrogens with zero attached hydrogens (tertiary/aromatic N) is 2. The van der Waals surface area contributed by atoms with Crippen LogP contribution in [0.3, 0.4) is 0 Å². The van der Waals surface area contributed by atoms with E-state index < -0.39 is 0 Å². The van der Waals surface area contributed by atoms with Crippen LogP contribution in [-0.2, 0) is 0 Å². The Hall–Kier alpha value is -0.570. The maximum absolute atomic E-state index is 4.13. The van der Waals surface area contributed by atoms with E-state index in [1.807, 2.05) is 33.0 Å². The second-order valence-electron chi connectivity index (χ2n) is 2.19. The highest BCUT2D eigenvalue weighted by Crippen LogP contribution is 1.78. The van der Waals surface area contributed by atoms with Crippen LogP contribution >= 0.6 is 0 Å². The summed E-state index contributed by atoms with van der Waals surface area (Å²) in [4.78, 5) is 6.04. The lowest BCUT2D eigenvalue weighted by Crippen LogP contribution is -2.20. The summed E-state index contributed by atoms with van der Waals surface area (Å²) in [5, 5.41) is 3.00. The molecule has 0 spiro atoms. The third kappa shape index (κ3) is 5.30. The Morgan fingerprint density at radius 2 is 2.11 bits per heavy atom. The largest absolute Gasteiger partial charge is 0.369 e. The van der Waals surface area contributed by atoms with E-state index >= 15 is 0 Å². The van der Waals surface area contributed by atoms with Crippen LogP contribution in [0.1, 0.15) is 6.92 Å². The molecule has 0 heterocycles. The van der Waals surface area contributed by atoms with Gasteiger partial charge in [0.25, 0.3) is 0 Å². The Bertz CT molecular complexity index is 88.3. The van der Waals surface area contributed by atoms with Gasteiger partial charge in [-0.25, -0.2) is 0 Å². The van der Waals surface area contributed by atoms with Gasteiger partial charge in [0.2, 0.25) is 0 Å². The molecule has 0 aliphatic rings. The molecule has 0 rings (SSSR count). The Morgan fingerprint density at radius 3 is 2.44 bits per heavy atom. The van der Waals surface area contributed by atoms with Gasteiger partial charge in [0.05, 0.1) is 12.5 Å². The number of rotatable bonds is 3. The molecule has 1 atom stereocenters. The predicted molar refractivity (Wildman–Crippen MR) is 40.7 cm³/mol. The first kappa shape index (κ1) is 8.43. The standard InChI is InChI=1S/C6H15N3/c1-6(7-2)8-5-9(3)4/h5-7H,1-4H3/b8-5+/t6-/m0/s1. The van der Waals surface area contributed by atoms with Crippen LogP contribution in [0.5, 0.6) is 0 Å². The van der Waals surface area contributed by atoms with E-state index in [0.717, 1.165) is 0 Å². The average molecular weight is 129 g/mol. The van der Waals surface area contributed by atoms with Crippen LogP contribution in [0.2, 0.25) is 0 Å². The second kappa shape index (κ2) is 4.32. The average Bonchev–Trinajstić information content (AvgIpc) is 1.83. The van der Waals surface area contributed by atoms with Gasteiger partial charge in [-0.2, -0.15) is 0 Å². The Kier molecular flexibility index (Phi) is 4.05. The molecule has 1 N–H and O–H groups in total. The first-order valence-electron chi connectivity index (χ1n) is 3.04. The molecule has 0 saturated heterocycles. The lowest BCUT2D eigenvalue weighted by Gasteiger charge is -2.06. The van der Waals surface area contributed by atoms with Crippen molar-refractivity contribution in [3.8, 4) is 0 Å². The highest BCUT2D eigenvalue weighted by Gasteiger charge is 1.87. The van der Waals surface area contributed by atoms with Gasteiger partial charge in [0.15, 0.2) is 0 Å². The molecule has 0 bridgehead atoms. The molecule has 3 heteroatoms. The first-order chi connectivity index (χ1) is 4.16. The van der Waals surface area contributed by atoms with Gasteiger partial charge in [0, 0.05) is 14.1 Å². The molecule has 54 valence electrons. The van der Waals surface area contributed by atoms with Crippen molar-refractivity contribution in [2.24, 2.45) is 4.99 Å². The lowest BCUT2D eigenvalue weighted by molar-refractivity contribution is 0.599. The van der Waals surface area contributed by atoms with Crippen molar-refractivity contribution in [3.05, 3.63) is 0 Å². The zero-order valence-corrected chi connectivity index (χ0v) is 6.55. The fourth-order valence-electron chi connectivity index (χ4n) is 0.308. The van der Waals surface area contributed by atoms with Crippen LogP contribution in [0.15, 0.2) is 4.99 Å². The molecule has 3 nitrogen and oxygen atoms in total. The summed E-state index contributed by atoms with van der Waals surface area (Å²) in [7, 11) is 5.79. The minimum atomic E-state index is 0.215. The van der Waals surface area contributed by atoms with Gasteiger partial charge in [-0.15, -0.1) is 0 Å². The van der Waals surface area contributed by atoms with E-state index in [9.17, 15) is 0 Å². The summed E-state index contributed by atoms with van der Waals surface area (Å²) in [5.74, 6) is 0. The molecule has 0 amide bonds. The van der Waals surface area contributed by atoms with Gasteiger partial charge < -0.3 is 4.90 Å². The predicted octanol–water partition coefficient (Wildman–Crippen LogP) is 0.142. The number of hydrogen-bond donors (Lipinski definition) is 1. The van der Waals surface area contributed by atoms with E-state index in [0.29, 0.717) is 0 Å². The molecule has 0 fully saturated rings. The Labute approximate surface area is 56.8 Å². The van der Waals surface area contributed by atoms with Crippen molar-refractivity contribution in [2.45, 2.75) is 13.1 Å². The van der Waals surface area contributed by atoms with Gasteiger partial charge in [-0.3, -0.25) is 10.3 Å². The van der Waals surface area contributed by atoms with Crippen molar-refractivity contribution in [1.82, 2.24) is 10.2 Å². The summed E-state index contributed by atoms with van der Waals surface area (Å²) in [6.45, 7) is 2.00. The molecule has 0 saturated carbocycles. The molecule has 0 aliphatic carbocycles. The quantitative estimate of drug-likeness (QED) is 0.433. The smallest absolute Gasteiger partial charge is 0.0980 e. The zero-order chi connectivity index (χ0) is 7.28. The summed E-state index contributed by atoms with van der Waals surface area (Å²) in [6, 6.07) is 0. The van der Waals surface area contributed by atoms with Crippen molar-refractivity contribution >= 4 is 6.34 Å². The topological polar surface area (TPSA) is 27.6 Å². The van der Waals surface area contributed by atoms with Crippen LogP contribution in [0.4, 0.5) is 0 Å². The monoisotopic (exact) mass is 129 g/mol. The second-order valence-corrected chi connectivity index (χ2v) is 2.19. The molecular formula is C6H15N3. The van der Waals surface area contributed by atoms with Crippen LogP contribution in [0.25, 0.3) is 0 Å². The first-order valence-corrected chi connectivity index (χ1v) is 3.04. The van der Waals surface area contributed by atoms with Crippen LogP contribution in [0, 0.1) is 0 Å². The van der Waals surface area contributed by atoms with E-state index in [1.165, 1.54) is 0 Å². The van der Waals surface area contributed by atoms with Crippen LogP contribution < -0.4 is 5.32 Å². The summed E-state index contributed by atoms with van der Waals surface area (Å²) in [5.41, 5.74) is 0. The summed E-state index contributed by atoms with van der Waals surface area (Å²) in [6.07, 6.45) is 2.01. The minimum Gasteiger partial charge on any atom is -0.369 e. The van der Waals surface area contributed by atoms with Crippen molar-refractivity contribution in [2.75, 3.05) is 21.1 Å². The maximum Gasteiger partial charge on any atom is 0.0980 e. The SMILES string of the molecule is CN[C@H](C)/N=C/N(C)C. The van der Waals surface area contributed by atoms with Crippen molar-refractivity contribution in [3.63, 3.8) is 0 Å². The third-order valence-electron chi connectivity index (χ3n) is 0.939. The highest BCUT2D eigenvalue weighted by molar-refractivity contribution is 5.53. The number of aliphatic imine (C=N–C) groups is 1. The van der Waals surface area contributed by atoms with Gasteiger partial charge in [-0.1, -0.05) is 0 Å². The van der Waals surface area contributed by atoms with E-state index in [4.69, 9.17) is 0 Å². The molecule has 0 aromatic carbocycles. The molecule has 9 heavy (non-hydrogen) atoms. The number of nitrogens with one attached hydrogen (secondary N) is 1. The number of hydrogen-bond acceptors (Lipinski definition) is 2. The van der Waals surface area contributed by atoms with E-state index in [2.05, 4.69) is 10.3 Å². The highest BCUT2D eigenvalue weighted by atomic mass is 15.1. The normalized spacial score (nSPS) is 14.2. The lowest BCUT2D eigenvalue weighted by atomic mass is 10.6. The van der Waals surface area contributed by atoms with Crippen molar-refractivity contribution < 1.29 is 0 Å². The summed E-state index contributed by atoms with van der Waals surface area (Å²) < 4.78 is 0. The molecule has 0 radical (unpaired) electrons. The summed E-state index contributed by atoms with van der Waals surface area (Å²) >= 11 is 0. The fraction of sp³-hybridized carbons (Fsp3) is 0.833. The Morgan fingerprint density at radius 1 is 1.56 bits per heavy atom. The Balaban J connectivity index is 3.43. The molecular weight excluding hydrogens is 114 g/mol. The maximum atomic E-state index is 4.13. The molecule has 0 aromatic rings. The zero-order valence-electron chi connectivity index (χ0n) is 6.55. The molecule has 0 unspecified atom stereocenters. The van der Waals surface area contributed by atoms with Crippen molar-refractivity contribution in [1.29, 1.82) is 0 Å². The molecule has 0 aromatic heterocycles. The third-order valence-corrected chi connectivity index (χ3v) is 0.939. The minimum absolute atomic E-state index is 0.215. The van der Waals surface area contributed by atoms with E-state index in [-0.39, 0.29) is 6.17 Å². The van der Waals surface area contributed by atoms with Gasteiger partial charge in [0.1, 0.15) is 0 Å². The fourth-order valence-corrected chi connectivity index (χ4v) is 0.308.